The number of thioether (sulfide) groups is 1. The van der Waals surface area contributed by atoms with Gasteiger partial charge >= 0.3 is 0 Å². The Morgan fingerprint density at radius 2 is 1.86 bits per heavy atom. The van der Waals surface area contributed by atoms with Gasteiger partial charge in [-0.05, 0) is 37.5 Å². The van der Waals surface area contributed by atoms with Crippen LogP contribution in [0.4, 0.5) is 0 Å². The summed E-state index contributed by atoms with van der Waals surface area (Å²) in [7, 11) is 1.79. The van der Waals surface area contributed by atoms with E-state index in [0.29, 0.717) is 11.3 Å². The van der Waals surface area contributed by atoms with Gasteiger partial charge in [0.15, 0.2) is 0 Å². The Labute approximate surface area is 179 Å². The van der Waals surface area contributed by atoms with Gasteiger partial charge < -0.3 is 10.1 Å². The largest absolute Gasteiger partial charge is 0.496 e. The predicted molar refractivity (Wildman–Crippen MR) is 122 cm³/mol. The average Bonchev–Trinajstić information content (AvgIpc) is 3.31. The molecule has 156 valence electrons. The topological polar surface area (TPSA) is 37.4 Å². The van der Waals surface area contributed by atoms with Crippen LogP contribution in [-0.4, -0.2) is 48.4 Å². The molecule has 1 aliphatic carbocycles. The van der Waals surface area contributed by atoms with Crippen LogP contribution in [0, 0.1) is 0 Å². The zero-order valence-electron chi connectivity index (χ0n) is 17.4. The SMILES string of the molecule is COc1ccccc1C(CC(SC1CCCC1)c1ccccn1)N1CCNCC1. The maximum Gasteiger partial charge on any atom is 0.123 e. The first-order chi connectivity index (χ1) is 14.3. The van der Waals surface area contributed by atoms with Gasteiger partial charge in [-0.2, -0.15) is 0 Å². The molecule has 0 spiro atoms. The molecular formula is C24H33N3OS. The third kappa shape index (κ3) is 5.33. The predicted octanol–water partition coefficient (Wildman–Crippen LogP) is 4.84. The fourth-order valence-corrected chi connectivity index (χ4v) is 6.32. The summed E-state index contributed by atoms with van der Waals surface area (Å²) < 4.78 is 5.77. The maximum absolute atomic E-state index is 5.77. The molecule has 2 aromatic rings. The lowest BCUT2D eigenvalue weighted by atomic mass is 9.97. The number of rotatable bonds is 8. The van der Waals surface area contributed by atoms with Crippen LogP contribution in [0.1, 0.15) is 54.7 Å². The summed E-state index contributed by atoms with van der Waals surface area (Å²) in [6.45, 7) is 4.25. The summed E-state index contributed by atoms with van der Waals surface area (Å²) >= 11 is 2.16. The molecule has 1 saturated heterocycles. The van der Waals surface area contributed by atoms with Crippen LogP contribution in [0.2, 0.25) is 0 Å². The first-order valence-corrected chi connectivity index (χ1v) is 11.9. The van der Waals surface area contributed by atoms with Gasteiger partial charge in [0.25, 0.3) is 0 Å². The smallest absolute Gasteiger partial charge is 0.123 e. The molecule has 5 heteroatoms. The number of nitrogens with zero attached hydrogens (tertiary/aromatic N) is 2. The molecule has 2 atom stereocenters. The number of nitrogens with one attached hydrogen (secondary N) is 1. The number of para-hydroxylation sites is 1. The van der Waals surface area contributed by atoms with Gasteiger partial charge in [0.2, 0.25) is 0 Å². The number of pyridine rings is 1. The second-order valence-corrected chi connectivity index (χ2v) is 9.57. The summed E-state index contributed by atoms with van der Waals surface area (Å²) in [5.41, 5.74) is 2.53. The standard InChI is InChI=1S/C24H33N3OS/c1-28-23-12-5-4-10-20(23)22(27-16-14-25-15-17-27)18-24(21-11-6-7-13-26-21)29-19-8-2-3-9-19/h4-7,10-13,19,22,24-25H,2-3,8-9,14-18H2,1H3. The van der Waals surface area contributed by atoms with Crippen LogP contribution in [-0.2, 0) is 0 Å². The van der Waals surface area contributed by atoms with Gasteiger partial charge in [0, 0.05) is 54.5 Å². The third-order valence-electron chi connectivity index (χ3n) is 6.20. The van der Waals surface area contributed by atoms with Gasteiger partial charge in [-0.1, -0.05) is 37.1 Å². The molecule has 1 aliphatic heterocycles. The van der Waals surface area contributed by atoms with Gasteiger partial charge in [-0.3, -0.25) is 9.88 Å². The van der Waals surface area contributed by atoms with Crippen molar-refractivity contribution in [1.82, 2.24) is 15.2 Å². The zero-order valence-corrected chi connectivity index (χ0v) is 18.2. The van der Waals surface area contributed by atoms with E-state index in [4.69, 9.17) is 9.72 Å². The van der Waals surface area contributed by atoms with E-state index in [9.17, 15) is 0 Å². The molecular weight excluding hydrogens is 378 g/mol. The molecule has 1 aromatic heterocycles. The van der Waals surface area contributed by atoms with Crippen molar-refractivity contribution in [2.75, 3.05) is 33.3 Å². The second-order valence-electron chi connectivity index (χ2n) is 8.07. The molecule has 1 aromatic carbocycles. The number of piperazine rings is 1. The van der Waals surface area contributed by atoms with Crippen LogP contribution < -0.4 is 10.1 Å². The Hall–Kier alpha value is -1.56. The number of hydrogen-bond acceptors (Lipinski definition) is 5. The normalized spacial score (nSPS) is 20.4. The maximum atomic E-state index is 5.77. The van der Waals surface area contributed by atoms with Crippen molar-refractivity contribution in [3.63, 3.8) is 0 Å². The zero-order chi connectivity index (χ0) is 19.9. The molecule has 0 amide bonds. The van der Waals surface area contributed by atoms with Gasteiger partial charge in [-0.15, -0.1) is 11.8 Å². The van der Waals surface area contributed by atoms with E-state index < -0.39 is 0 Å². The molecule has 2 fully saturated rings. The van der Waals surface area contributed by atoms with E-state index in [1.165, 1.54) is 36.9 Å². The minimum Gasteiger partial charge on any atom is -0.496 e. The van der Waals surface area contributed by atoms with Crippen LogP contribution in [0.3, 0.4) is 0 Å². The van der Waals surface area contributed by atoms with Crippen LogP contribution in [0.25, 0.3) is 0 Å². The summed E-state index contributed by atoms with van der Waals surface area (Å²) in [4.78, 5) is 7.41. The highest BCUT2D eigenvalue weighted by atomic mass is 32.2. The van der Waals surface area contributed by atoms with Crippen molar-refractivity contribution in [2.24, 2.45) is 0 Å². The van der Waals surface area contributed by atoms with Crippen molar-refractivity contribution in [3.8, 4) is 5.75 Å². The lowest BCUT2D eigenvalue weighted by Crippen LogP contribution is -2.45. The average molecular weight is 412 g/mol. The van der Waals surface area contributed by atoms with E-state index in [0.717, 1.165) is 43.6 Å². The Kier molecular flexibility index (Phi) is 7.47. The summed E-state index contributed by atoms with van der Waals surface area (Å²) in [6.07, 6.45) is 8.46. The highest BCUT2D eigenvalue weighted by Crippen LogP contribution is 2.45. The van der Waals surface area contributed by atoms with Crippen molar-refractivity contribution in [1.29, 1.82) is 0 Å². The summed E-state index contributed by atoms with van der Waals surface area (Å²) in [5.74, 6) is 1.00. The highest BCUT2D eigenvalue weighted by molar-refractivity contribution is 8.00. The number of benzene rings is 1. The van der Waals surface area contributed by atoms with Crippen molar-refractivity contribution in [3.05, 3.63) is 59.9 Å². The van der Waals surface area contributed by atoms with Crippen molar-refractivity contribution in [2.45, 2.75) is 48.6 Å². The van der Waals surface area contributed by atoms with E-state index in [-0.39, 0.29) is 0 Å². The summed E-state index contributed by atoms with van der Waals surface area (Å²) in [5, 5.41) is 4.68. The Balaban J connectivity index is 1.63. The third-order valence-corrected chi connectivity index (χ3v) is 7.82. The Morgan fingerprint density at radius 1 is 1.10 bits per heavy atom. The van der Waals surface area contributed by atoms with E-state index >= 15 is 0 Å². The summed E-state index contributed by atoms with van der Waals surface area (Å²) in [6, 6.07) is 15.3. The molecule has 4 nitrogen and oxygen atoms in total. The quantitative estimate of drug-likeness (QED) is 0.672. The lowest BCUT2D eigenvalue weighted by Gasteiger charge is -2.37. The number of hydrogen-bond donors (Lipinski definition) is 1. The highest BCUT2D eigenvalue weighted by Gasteiger charge is 2.31. The fourth-order valence-electron chi connectivity index (χ4n) is 4.68. The van der Waals surface area contributed by atoms with E-state index in [2.05, 4.69) is 58.4 Å². The molecule has 0 radical (unpaired) electrons. The Morgan fingerprint density at radius 3 is 2.59 bits per heavy atom. The second kappa shape index (κ2) is 10.5. The number of aromatic nitrogens is 1. The first-order valence-electron chi connectivity index (χ1n) is 11.0. The van der Waals surface area contributed by atoms with Gasteiger partial charge in [-0.25, -0.2) is 0 Å². The first kappa shape index (κ1) is 20.7. The van der Waals surface area contributed by atoms with Crippen molar-refractivity contribution < 1.29 is 4.74 Å². The molecule has 29 heavy (non-hydrogen) atoms. The molecule has 4 rings (SSSR count). The molecule has 1 N–H and O–H groups in total. The minimum atomic E-state index is 0.342. The van der Waals surface area contributed by atoms with Crippen LogP contribution in [0.5, 0.6) is 5.75 Å². The Bertz CT molecular complexity index is 745. The lowest BCUT2D eigenvalue weighted by molar-refractivity contribution is 0.162. The number of ether oxygens (including phenoxy) is 1. The van der Waals surface area contributed by atoms with E-state index in [1.807, 2.05) is 12.3 Å². The molecule has 1 saturated carbocycles. The molecule has 2 aliphatic rings. The monoisotopic (exact) mass is 411 g/mol. The molecule has 2 heterocycles. The fraction of sp³-hybridized carbons (Fsp3) is 0.542. The van der Waals surface area contributed by atoms with E-state index in [1.54, 1.807) is 7.11 Å². The van der Waals surface area contributed by atoms with Crippen LogP contribution in [0.15, 0.2) is 48.7 Å². The molecule has 2 unspecified atom stereocenters. The molecule has 0 bridgehead atoms. The number of methoxy groups -OCH3 is 1. The van der Waals surface area contributed by atoms with Crippen LogP contribution >= 0.6 is 11.8 Å². The minimum absolute atomic E-state index is 0.342. The van der Waals surface area contributed by atoms with Gasteiger partial charge in [0.1, 0.15) is 5.75 Å². The van der Waals surface area contributed by atoms with Crippen molar-refractivity contribution >= 4 is 11.8 Å². The van der Waals surface area contributed by atoms with Gasteiger partial charge in [0.05, 0.1) is 12.8 Å².